The fourth-order valence-electron chi connectivity index (χ4n) is 1.61. The third kappa shape index (κ3) is 5.80. The summed E-state index contributed by atoms with van der Waals surface area (Å²) in [6, 6.07) is -0.212. The number of nitrogens with one attached hydrogen (secondary N) is 2. The first kappa shape index (κ1) is 15.6. The maximum absolute atomic E-state index is 11.7. The Morgan fingerprint density at radius 1 is 1.53 bits per heavy atom. The Morgan fingerprint density at radius 3 is 2.95 bits per heavy atom. The van der Waals surface area contributed by atoms with Gasteiger partial charge in [0.25, 0.3) is 0 Å². The van der Waals surface area contributed by atoms with E-state index >= 15 is 0 Å². The van der Waals surface area contributed by atoms with Crippen LogP contribution in [0.25, 0.3) is 0 Å². The van der Waals surface area contributed by atoms with Crippen LogP contribution in [0.15, 0.2) is 6.33 Å². The van der Waals surface area contributed by atoms with Crippen molar-refractivity contribution < 1.29 is 9.53 Å². The first-order valence-corrected chi connectivity index (χ1v) is 6.48. The van der Waals surface area contributed by atoms with Crippen molar-refractivity contribution in [3.8, 4) is 0 Å². The van der Waals surface area contributed by atoms with Crippen LogP contribution in [0.1, 0.15) is 19.2 Å². The van der Waals surface area contributed by atoms with Crippen molar-refractivity contribution in [2.75, 3.05) is 26.8 Å². The Kier molecular flexibility index (Phi) is 7.06. The molecular formula is C12H23N5O2. The van der Waals surface area contributed by atoms with Gasteiger partial charge in [0, 0.05) is 40.3 Å². The molecule has 2 N–H and O–H groups in total. The summed E-state index contributed by atoms with van der Waals surface area (Å²) in [5.74, 6) is 0.911. The Balaban J connectivity index is 2.14. The first-order chi connectivity index (χ1) is 9.15. The van der Waals surface area contributed by atoms with E-state index in [9.17, 15) is 4.79 Å². The molecule has 1 unspecified atom stereocenters. The normalized spacial score (nSPS) is 12.4. The molecule has 7 nitrogen and oxygen atoms in total. The van der Waals surface area contributed by atoms with Crippen molar-refractivity contribution >= 4 is 5.91 Å². The van der Waals surface area contributed by atoms with Gasteiger partial charge in [-0.1, -0.05) is 0 Å². The number of nitrogens with zero attached hydrogens (tertiary/aromatic N) is 3. The minimum absolute atomic E-state index is 0.00840. The minimum Gasteiger partial charge on any atom is -0.385 e. The zero-order valence-electron chi connectivity index (χ0n) is 11.8. The Morgan fingerprint density at radius 2 is 2.32 bits per heavy atom. The smallest absolute Gasteiger partial charge is 0.236 e. The van der Waals surface area contributed by atoms with E-state index in [1.807, 2.05) is 18.5 Å². The predicted molar refractivity (Wildman–Crippen MR) is 71.7 cm³/mol. The van der Waals surface area contributed by atoms with Gasteiger partial charge in [-0.25, -0.2) is 0 Å². The molecule has 0 radical (unpaired) electrons. The van der Waals surface area contributed by atoms with Gasteiger partial charge in [-0.2, -0.15) is 0 Å². The van der Waals surface area contributed by atoms with E-state index in [2.05, 4.69) is 20.8 Å². The number of carbonyl (C=O) groups is 1. The molecule has 0 aromatic carbocycles. The van der Waals surface area contributed by atoms with Crippen LogP contribution in [-0.4, -0.2) is 53.5 Å². The van der Waals surface area contributed by atoms with Gasteiger partial charge >= 0.3 is 0 Å². The predicted octanol–water partition coefficient (Wildman–Crippen LogP) is -0.512. The lowest BCUT2D eigenvalue weighted by molar-refractivity contribution is -0.122. The van der Waals surface area contributed by atoms with Crippen LogP contribution < -0.4 is 10.6 Å². The molecule has 0 bridgehead atoms. The van der Waals surface area contributed by atoms with Gasteiger partial charge in [-0.3, -0.25) is 4.79 Å². The molecule has 0 spiro atoms. The average Bonchev–Trinajstić information content (AvgIpc) is 2.80. The number of carbonyl (C=O) groups excluding carboxylic acids is 1. The maximum Gasteiger partial charge on any atom is 0.236 e. The van der Waals surface area contributed by atoms with Crippen LogP contribution in [0.5, 0.6) is 0 Å². The molecule has 1 aromatic rings. The molecular weight excluding hydrogens is 246 g/mol. The first-order valence-electron chi connectivity index (χ1n) is 6.48. The second-order valence-electron chi connectivity index (χ2n) is 4.42. The highest BCUT2D eigenvalue weighted by Crippen LogP contribution is 1.92. The monoisotopic (exact) mass is 269 g/mol. The molecule has 1 amide bonds. The molecule has 1 aromatic heterocycles. The van der Waals surface area contributed by atoms with Gasteiger partial charge in [-0.15, -0.1) is 10.2 Å². The Bertz CT molecular complexity index is 380. The number of rotatable bonds is 9. The SMILES string of the molecule is COCCCNC(=O)C(C)NCCc1nncn1C. The lowest BCUT2D eigenvalue weighted by Crippen LogP contribution is -2.43. The van der Waals surface area contributed by atoms with E-state index in [1.165, 1.54) is 0 Å². The van der Waals surface area contributed by atoms with Gasteiger partial charge in [0.2, 0.25) is 5.91 Å². The summed E-state index contributed by atoms with van der Waals surface area (Å²) in [6.07, 6.45) is 3.24. The van der Waals surface area contributed by atoms with Crippen LogP contribution in [-0.2, 0) is 23.0 Å². The highest BCUT2D eigenvalue weighted by molar-refractivity contribution is 5.81. The highest BCUT2D eigenvalue weighted by atomic mass is 16.5. The van der Waals surface area contributed by atoms with Crippen molar-refractivity contribution in [1.82, 2.24) is 25.4 Å². The van der Waals surface area contributed by atoms with Crippen molar-refractivity contribution in [2.24, 2.45) is 7.05 Å². The van der Waals surface area contributed by atoms with Crippen molar-refractivity contribution in [3.05, 3.63) is 12.2 Å². The standard InChI is InChI=1S/C12H23N5O2/c1-10(12(18)14-6-4-8-19-3)13-7-5-11-16-15-9-17(11)2/h9-10,13H,4-8H2,1-3H3,(H,14,18). The molecule has 0 fully saturated rings. The molecule has 0 saturated heterocycles. The fraction of sp³-hybridized carbons (Fsp3) is 0.750. The highest BCUT2D eigenvalue weighted by Gasteiger charge is 2.11. The van der Waals surface area contributed by atoms with E-state index in [4.69, 9.17) is 4.74 Å². The van der Waals surface area contributed by atoms with E-state index in [0.29, 0.717) is 19.7 Å². The number of methoxy groups -OCH3 is 1. The third-order valence-electron chi connectivity index (χ3n) is 2.82. The van der Waals surface area contributed by atoms with Gasteiger partial charge in [0.1, 0.15) is 12.2 Å². The van der Waals surface area contributed by atoms with Crippen molar-refractivity contribution in [1.29, 1.82) is 0 Å². The van der Waals surface area contributed by atoms with Crippen molar-refractivity contribution in [3.63, 3.8) is 0 Å². The molecule has 1 heterocycles. The molecule has 1 rings (SSSR count). The van der Waals surface area contributed by atoms with Crippen LogP contribution in [0.3, 0.4) is 0 Å². The van der Waals surface area contributed by atoms with E-state index in [-0.39, 0.29) is 11.9 Å². The summed E-state index contributed by atoms with van der Waals surface area (Å²) in [7, 11) is 3.56. The molecule has 7 heteroatoms. The maximum atomic E-state index is 11.7. The number of hydrogen-bond donors (Lipinski definition) is 2. The second-order valence-corrected chi connectivity index (χ2v) is 4.42. The summed E-state index contributed by atoms with van der Waals surface area (Å²) in [4.78, 5) is 11.7. The summed E-state index contributed by atoms with van der Waals surface area (Å²) in [5, 5.41) is 13.8. The number of hydrogen-bond acceptors (Lipinski definition) is 5. The van der Waals surface area contributed by atoms with Crippen LogP contribution >= 0.6 is 0 Å². The second kappa shape index (κ2) is 8.60. The summed E-state index contributed by atoms with van der Waals surface area (Å²) >= 11 is 0. The topological polar surface area (TPSA) is 81.1 Å². The van der Waals surface area contributed by atoms with Gasteiger partial charge < -0.3 is 19.9 Å². The molecule has 19 heavy (non-hydrogen) atoms. The quantitative estimate of drug-likeness (QED) is 0.590. The Labute approximate surface area is 113 Å². The molecule has 0 aliphatic carbocycles. The lowest BCUT2D eigenvalue weighted by Gasteiger charge is -2.13. The lowest BCUT2D eigenvalue weighted by atomic mass is 10.3. The summed E-state index contributed by atoms with van der Waals surface area (Å²) < 4.78 is 6.79. The zero-order valence-corrected chi connectivity index (χ0v) is 11.8. The van der Waals surface area contributed by atoms with Gasteiger partial charge in [-0.05, 0) is 13.3 Å². The van der Waals surface area contributed by atoms with Crippen LogP contribution in [0.2, 0.25) is 0 Å². The fourth-order valence-corrected chi connectivity index (χ4v) is 1.61. The number of aryl methyl sites for hydroxylation is 1. The Hall–Kier alpha value is -1.47. The number of ether oxygens (including phenoxy) is 1. The van der Waals surface area contributed by atoms with Gasteiger partial charge in [0.15, 0.2) is 0 Å². The summed E-state index contributed by atoms with van der Waals surface area (Å²) in [5.41, 5.74) is 0. The number of aromatic nitrogens is 3. The third-order valence-corrected chi connectivity index (χ3v) is 2.82. The molecule has 108 valence electrons. The minimum atomic E-state index is -0.212. The van der Waals surface area contributed by atoms with Crippen molar-refractivity contribution in [2.45, 2.75) is 25.8 Å². The van der Waals surface area contributed by atoms with E-state index in [1.54, 1.807) is 13.4 Å². The molecule has 0 aliphatic rings. The molecule has 0 saturated carbocycles. The summed E-state index contributed by atoms with van der Waals surface area (Å²) in [6.45, 7) is 3.84. The van der Waals surface area contributed by atoms with E-state index < -0.39 is 0 Å². The van der Waals surface area contributed by atoms with E-state index in [0.717, 1.165) is 18.7 Å². The van der Waals surface area contributed by atoms with Gasteiger partial charge in [0.05, 0.1) is 6.04 Å². The zero-order chi connectivity index (χ0) is 14.1. The average molecular weight is 269 g/mol. The number of amides is 1. The largest absolute Gasteiger partial charge is 0.385 e. The van der Waals surface area contributed by atoms with Crippen LogP contribution in [0, 0.1) is 0 Å². The van der Waals surface area contributed by atoms with Crippen LogP contribution in [0.4, 0.5) is 0 Å². The molecule has 1 atom stereocenters. The molecule has 0 aliphatic heterocycles.